The van der Waals surface area contributed by atoms with Crippen LogP contribution >= 0.6 is 11.3 Å². The highest BCUT2D eigenvalue weighted by atomic mass is 32.2. The zero-order chi connectivity index (χ0) is 15.7. The van der Waals surface area contributed by atoms with Crippen molar-refractivity contribution in [3.63, 3.8) is 0 Å². The van der Waals surface area contributed by atoms with Crippen molar-refractivity contribution in [2.75, 3.05) is 13.7 Å². The Kier molecular flexibility index (Phi) is 4.54. The maximum absolute atomic E-state index is 14.5. The third-order valence-corrected chi connectivity index (χ3v) is 5.98. The van der Waals surface area contributed by atoms with E-state index >= 15 is 0 Å². The SMILES string of the molecule is COc1sccc1S(=O)(=O)NC[C@@]1(F)CC[C@H](C(=O)O)C1. The highest BCUT2D eigenvalue weighted by Crippen LogP contribution is 2.38. The molecule has 2 rings (SSSR count). The van der Waals surface area contributed by atoms with Crippen molar-refractivity contribution >= 4 is 27.3 Å². The first-order valence-electron chi connectivity index (χ1n) is 6.30. The van der Waals surface area contributed by atoms with Crippen molar-refractivity contribution < 1.29 is 27.4 Å². The highest BCUT2D eigenvalue weighted by Gasteiger charge is 2.43. The van der Waals surface area contributed by atoms with Crippen molar-refractivity contribution in [2.45, 2.75) is 29.8 Å². The minimum atomic E-state index is -3.88. The number of rotatable bonds is 6. The molecule has 0 unspecified atom stereocenters. The van der Waals surface area contributed by atoms with E-state index in [4.69, 9.17) is 9.84 Å². The van der Waals surface area contributed by atoms with Gasteiger partial charge in [-0.3, -0.25) is 4.79 Å². The number of carboxylic acids is 1. The molecule has 118 valence electrons. The number of carbonyl (C=O) groups is 1. The summed E-state index contributed by atoms with van der Waals surface area (Å²) in [4.78, 5) is 10.8. The number of carboxylic acid groups (broad SMARTS) is 1. The average molecular weight is 337 g/mol. The second-order valence-electron chi connectivity index (χ2n) is 5.03. The number of aliphatic carboxylic acids is 1. The fourth-order valence-electron chi connectivity index (χ4n) is 2.38. The van der Waals surface area contributed by atoms with Crippen LogP contribution in [0.1, 0.15) is 19.3 Å². The molecule has 0 aromatic carbocycles. The summed E-state index contributed by atoms with van der Waals surface area (Å²) < 4.78 is 45.9. The van der Waals surface area contributed by atoms with E-state index in [-0.39, 0.29) is 29.2 Å². The van der Waals surface area contributed by atoms with Crippen LogP contribution in [-0.4, -0.2) is 38.8 Å². The van der Waals surface area contributed by atoms with Gasteiger partial charge in [0.2, 0.25) is 10.0 Å². The molecular weight excluding hydrogens is 321 g/mol. The van der Waals surface area contributed by atoms with E-state index in [1.165, 1.54) is 13.2 Å². The molecule has 0 aliphatic heterocycles. The van der Waals surface area contributed by atoms with E-state index in [0.29, 0.717) is 0 Å². The van der Waals surface area contributed by atoms with Crippen molar-refractivity contribution in [3.8, 4) is 5.06 Å². The van der Waals surface area contributed by atoms with Crippen LogP contribution in [0, 0.1) is 5.92 Å². The van der Waals surface area contributed by atoms with Crippen molar-refractivity contribution in [1.29, 1.82) is 0 Å². The number of alkyl halides is 1. The maximum Gasteiger partial charge on any atom is 0.306 e. The molecule has 2 atom stereocenters. The van der Waals surface area contributed by atoms with Gasteiger partial charge in [0.15, 0.2) is 5.06 Å². The van der Waals surface area contributed by atoms with Crippen molar-refractivity contribution in [3.05, 3.63) is 11.4 Å². The van der Waals surface area contributed by atoms with Crippen molar-refractivity contribution in [1.82, 2.24) is 4.72 Å². The van der Waals surface area contributed by atoms with Gasteiger partial charge in [-0.1, -0.05) is 0 Å². The van der Waals surface area contributed by atoms with Gasteiger partial charge in [0.05, 0.1) is 13.0 Å². The predicted molar refractivity (Wildman–Crippen MR) is 74.9 cm³/mol. The van der Waals surface area contributed by atoms with E-state index in [9.17, 15) is 17.6 Å². The van der Waals surface area contributed by atoms with Gasteiger partial charge in [0.25, 0.3) is 0 Å². The molecule has 0 radical (unpaired) electrons. The number of hydrogen-bond acceptors (Lipinski definition) is 5. The minimum Gasteiger partial charge on any atom is -0.486 e. The molecule has 6 nitrogen and oxygen atoms in total. The van der Waals surface area contributed by atoms with Gasteiger partial charge in [0, 0.05) is 6.54 Å². The molecule has 1 aromatic heterocycles. The number of halogens is 1. The molecule has 1 saturated carbocycles. The summed E-state index contributed by atoms with van der Waals surface area (Å²) in [5.74, 6) is -1.80. The topological polar surface area (TPSA) is 92.7 Å². The van der Waals surface area contributed by atoms with E-state index in [0.717, 1.165) is 11.3 Å². The van der Waals surface area contributed by atoms with Crippen molar-refractivity contribution in [2.24, 2.45) is 5.92 Å². The first-order valence-corrected chi connectivity index (χ1v) is 8.66. The summed E-state index contributed by atoms with van der Waals surface area (Å²) in [5.41, 5.74) is -1.82. The number of hydrogen-bond donors (Lipinski definition) is 2. The molecule has 1 fully saturated rings. The second kappa shape index (κ2) is 5.90. The molecule has 0 amide bonds. The van der Waals surface area contributed by atoms with Crippen LogP contribution in [0.5, 0.6) is 5.06 Å². The Morgan fingerprint density at radius 3 is 2.95 bits per heavy atom. The Morgan fingerprint density at radius 1 is 1.67 bits per heavy atom. The van der Waals surface area contributed by atoms with Gasteiger partial charge < -0.3 is 9.84 Å². The van der Waals surface area contributed by atoms with E-state index in [2.05, 4.69) is 4.72 Å². The summed E-state index contributed by atoms with van der Waals surface area (Å²) in [5, 5.41) is 10.7. The van der Waals surface area contributed by atoms with Crippen LogP contribution in [0.3, 0.4) is 0 Å². The van der Waals surface area contributed by atoms with E-state index in [1.54, 1.807) is 5.38 Å². The zero-order valence-electron chi connectivity index (χ0n) is 11.3. The Labute approximate surface area is 126 Å². The predicted octanol–water partition coefficient (Wildman–Crippen LogP) is 1.63. The normalized spacial score (nSPS) is 25.9. The third-order valence-electron chi connectivity index (χ3n) is 3.55. The Bertz CT molecular complexity index is 629. The second-order valence-corrected chi connectivity index (χ2v) is 7.64. The lowest BCUT2D eigenvalue weighted by Gasteiger charge is -2.19. The molecular formula is C12H16FNO5S2. The molecule has 1 aliphatic carbocycles. The van der Waals surface area contributed by atoms with Gasteiger partial charge in [-0.15, -0.1) is 11.3 Å². The van der Waals surface area contributed by atoms with Crippen LogP contribution in [0.4, 0.5) is 4.39 Å². The Hall–Kier alpha value is -1.19. The smallest absolute Gasteiger partial charge is 0.306 e. The summed E-state index contributed by atoms with van der Waals surface area (Å²) in [6.07, 6.45) is 0.0776. The molecule has 0 bridgehead atoms. The molecule has 1 aromatic rings. The fraction of sp³-hybridized carbons (Fsp3) is 0.583. The van der Waals surface area contributed by atoms with Gasteiger partial charge in [-0.05, 0) is 30.7 Å². The molecule has 21 heavy (non-hydrogen) atoms. The first kappa shape index (κ1) is 16.2. The number of ether oxygens (including phenoxy) is 1. The Balaban J connectivity index is 2.04. The lowest BCUT2D eigenvalue weighted by atomic mass is 10.0. The van der Waals surface area contributed by atoms with E-state index in [1.807, 2.05) is 0 Å². The quantitative estimate of drug-likeness (QED) is 0.823. The monoisotopic (exact) mass is 337 g/mol. The van der Waals surface area contributed by atoms with Crippen LogP contribution in [0.2, 0.25) is 0 Å². The molecule has 0 saturated heterocycles. The van der Waals surface area contributed by atoms with Crippen LogP contribution in [0.25, 0.3) is 0 Å². The molecule has 2 N–H and O–H groups in total. The largest absolute Gasteiger partial charge is 0.486 e. The van der Waals surface area contributed by atoms with Gasteiger partial charge in [-0.25, -0.2) is 17.5 Å². The first-order chi connectivity index (χ1) is 9.77. The number of methoxy groups -OCH3 is 1. The number of nitrogens with one attached hydrogen (secondary N) is 1. The van der Waals surface area contributed by atoms with Gasteiger partial charge in [0.1, 0.15) is 10.6 Å². The Morgan fingerprint density at radius 2 is 2.38 bits per heavy atom. The average Bonchev–Trinajstić information content (AvgIpc) is 3.04. The number of thiophene rings is 1. The highest BCUT2D eigenvalue weighted by molar-refractivity contribution is 7.89. The summed E-state index contributed by atoms with van der Waals surface area (Å²) in [6.45, 7) is -0.432. The maximum atomic E-state index is 14.5. The van der Waals surface area contributed by atoms with Crippen LogP contribution in [0.15, 0.2) is 16.3 Å². The molecule has 1 aliphatic rings. The van der Waals surface area contributed by atoms with Crippen LogP contribution < -0.4 is 9.46 Å². The summed E-state index contributed by atoms with van der Waals surface area (Å²) in [6, 6.07) is 1.38. The minimum absolute atomic E-state index is 0.0350. The lowest BCUT2D eigenvalue weighted by molar-refractivity contribution is -0.141. The summed E-state index contributed by atoms with van der Waals surface area (Å²) >= 11 is 1.13. The number of sulfonamides is 1. The molecule has 9 heteroatoms. The third kappa shape index (κ3) is 3.53. The lowest BCUT2D eigenvalue weighted by Crippen LogP contribution is -2.38. The fourth-order valence-corrected chi connectivity index (χ4v) is 4.71. The summed E-state index contributed by atoms with van der Waals surface area (Å²) in [7, 11) is -2.52. The van der Waals surface area contributed by atoms with E-state index < -0.39 is 34.1 Å². The van der Waals surface area contributed by atoms with Gasteiger partial charge in [-0.2, -0.15) is 0 Å². The zero-order valence-corrected chi connectivity index (χ0v) is 13.0. The standard InChI is InChI=1S/C12H16FNO5S2/c1-19-11-9(3-5-20-11)21(17,18)14-7-12(13)4-2-8(6-12)10(15)16/h3,5,8,14H,2,4,6-7H2,1H3,(H,15,16)/t8-,12+/m0/s1. The molecule has 0 spiro atoms. The van der Waals surface area contributed by atoms with Gasteiger partial charge >= 0.3 is 5.97 Å². The van der Waals surface area contributed by atoms with Crippen LogP contribution in [-0.2, 0) is 14.8 Å². The molecule has 1 heterocycles.